The molecule has 7 heteroatoms. The fourth-order valence-electron chi connectivity index (χ4n) is 2.96. The van der Waals surface area contributed by atoms with Gasteiger partial charge in [-0.1, -0.05) is 29.8 Å². The Morgan fingerprint density at radius 3 is 2.34 bits per heavy atom. The van der Waals surface area contributed by atoms with Crippen LogP contribution < -0.4 is 14.8 Å². The summed E-state index contributed by atoms with van der Waals surface area (Å²) in [5.74, 6) is 0.856. The van der Waals surface area contributed by atoms with Gasteiger partial charge in [-0.15, -0.1) is 0 Å². The van der Waals surface area contributed by atoms with Gasteiger partial charge in [0.2, 0.25) is 0 Å². The lowest BCUT2D eigenvalue weighted by atomic mass is 10.1. The van der Waals surface area contributed by atoms with Crippen molar-refractivity contribution in [2.45, 2.75) is 27.3 Å². The average molecular weight is 459 g/mol. The number of carbonyl (C=O) groups is 2. The molecule has 3 rings (SSSR count). The van der Waals surface area contributed by atoms with Gasteiger partial charge in [0.05, 0.1) is 24.2 Å². The Kier molecular flexibility index (Phi) is 6.59. The topological polar surface area (TPSA) is 67.9 Å². The molecule has 1 aliphatic heterocycles. The predicted molar refractivity (Wildman–Crippen MR) is 115 cm³/mol. The van der Waals surface area contributed by atoms with Crippen molar-refractivity contribution < 1.29 is 19.1 Å². The van der Waals surface area contributed by atoms with E-state index in [1.165, 1.54) is 4.90 Å². The number of imide groups is 1. The van der Waals surface area contributed by atoms with Crippen LogP contribution in [0.25, 0.3) is 6.08 Å². The maximum absolute atomic E-state index is 12.8. The molecule has 1 heterocycles. The van der Waals surface area contributed by atoms with Crippen molar-refractivity contribution in [2.75, 3.05) is 13.2 Å². The summed E-state index contributed by atoms with van der Waals surface area (Å²) >= 11 is 3.48. The van der Waals surface area contributed by atoms with E-state index in [0.717, 1.165) is 15.6 Å². The molecule has 2 aromatic rings. The second-order valence-electron chi connectivity index (χ2n) is 6.55. The van der Waals surface area contributed by atoms with Crippen LogP contribution >= 0.6 is 15.9 Å². The van der Waals surface area contributed by atoms with Crippen molar-refractivity contribution >= 4 is 33.9 Å². The van der Waals surface area contributed by atoms with Crippen molar-refractivity contribution in [2.24, 2.45) is 0 Å². The highest BCUT2D eigenvalue weighted by Crippen LogP contribution is 2.35. The maximum atomic E-state index is 12.8. The van der Waals surface area contributed by atoms with Gasteiger partial charge in [-0.3, -0.25) is 9.69 Å². The van der Waals surface area contributed by atoms with Gasteiger partial charge in [0.25, 0.3) is 5.91 Å². The molecule has 0 atom stereocenters. The average Bonchev–Trinajstić information content (AvgIpc) is 2.94. The summed E-state index contributed by atoms with van der Waals surface area (Å²) in [5.41, 5.74) is 2.89. The van der Waals surface area contributed by atoms with Gasteiger partial charge in [-0.25, -0.2) is 4.79 Å². The van der Waals surface area contributed by atoms with Gasteiger partial charge in [0, 0.05) is 11.6 Å². The van der Waals surface area contributed by atoms with Gasteiger partial charge >= 0.3 is 6.03 Å². The minimum absolute atomic E-state index is 0.208. The minimum atomic E-state index is -0.440. The Hall–Kier alpha value is -2.80. The summed E-state index contributed by atoms with van der Waals surface area (Å²) in [6, 6.07) is 10.9. The number of urea groups is 1. The monoisotopic (exact) mass is 458 g/mol. The zero-order valence-corrected chi connectivity index (χ0v) is 18.2. The summed E-state index contributed by atoms with van der Waals surface area (Å²) in [4.78, 5) is 26.4. The smallest absolute Gasteiger partial charge is 0.329 e. The van der Waals surface area contributed by atoms with E-state index in [-0.39, 0.29) is 18.1 Å². The van der Waals surface area contributed by atoms with E-state index in [4.69, 9.17) is 9.47 Å². The van der Waals surface area contributed by atoms with Crippen LogP contribution in [0.1, 0.15) is 30.5 Å². The van der Waals surface area contributed by atoms with E-state index in [2.05, 4.69) is 21.2 Å². The van der Waals surface area contributed by atoms with E-state index >= 15 is 0 Å². The summed E-state index contributed by atoms with van der Waals surface area (Å²) in [5, 5.41) is 2.66. The van der Waals surface area contributed by atoms with E-state index in [1.807, 2.05) is 51.1 Å². The van der Waals surface area contributed by atoms with Crippen LogP contribution in [0.5, 0.6) is 11.5 Å². The third kappa shape index (κ3) is 4.79. The van der Waals surface area contributed by atoms with E-state index in [1.54, 1.807) is 12.1 Å². The molecule has 1 N–H and O–H groups in total. The highest BCUT2D eigenvalue weighted by atomic mass is 79.9. The first kappa shape index (κ1) is 20.9. The van der Waals surface area contributed by atoms with E-state index < -0.39 is 6.03 Å². The van der Waals surface area contributed by atoms with Crippen molar-refractivity contribution in [1.29, 1.82) is 0 Å². The van der Waals surface area contributed by atoms with Crippen LogP contribution in [0.2, 0.25) is 0 Å². The summed E-state index contributed by atoms with van der Waals surface area (Å²) in [6.07, 6.45) is 1.63. The van der Waals surface area contributed by atoms with Gasteiger partial charge in [0.1, 0.15) is 17.2 Å². The van der Waals surface area contributed by atoms with Gasteiger partial charge in [-0.05, 0) is 54.4 Å². The Labute approximate surface area is 178 Å². The number of nitrogens with zero attached hydrogens (tertiary/aromatic N) is 1. The number of amides is 3. The molecule has 1 fully saturated rings. The van der Waals surface area contributed by atoms with Crippen molar-refractivity contribution in [3.8, 4) is 11.5 Å². The molecule has 0 aromatic heterocycles. The highest BCUT2D eigenvalue weighted by Gasteiger charge is 2.33. The standard InChI is InChI=1S/C22H23BrN2O4/c1-4-28-19-12-20(29-5-2)17(23)10-16(19)11-18-21(26)25(22(27)24-18)13-15-8-6-14(3)7-9-15/h6-12H,4-5,13H2,1-3H3,(H,24,27)/b18-11+. The zero-order chi connectivity index (χ0) is 21.0. The van der Waals surface area contributed by atoms with E-state index in [9.17, 15) is 9.59 Å². The van der Waals surface area contributed by atoms with Crippen LogP contribution in [-0.2, 0) is 11.3 Å². The summed E-state index contributed by atoms with van der Waals surface area (Å²) < 4.78 is 12.0. The van der Waals surface area contributed by atoms with Crippen molar-refractivity contribution in [1.82, 2.24) is 10.2 Å². The lowest BCUT2D eigenvalue weighted by Gasteiger charge is -2.13. The lowest BCUT2D eigenvalue weighted by molar-refractivity contribution is -0.123. The zero-order valence-electron chi connectivity index (χ0n) is 16.6. The molecule has 152 valence electrons. The van der Waals surface area contributed by atoms with E-state index in [0.29, 0.717) is 30.3 Å². The minimum Gasteiger partial charge on any atom is -0.493 e. The molecular weight excluding hydrogens is 436 g/mol. The Morgan fingerprint density at radius 2 is 1.69 bits per heavy atom. The normalized spacial score (nSPS) is 15.0. The molecule has 0 saturated carbocycles. The molecule has 0 radical (unpaired) electrons. The Bertz CT molecular complexity index is 954. The number of rotatable bonds is 7. The number of benzene rings is 2. The predicted octanol–water partition coefficient (Wildman–Crippen LogP) is 4.65. The molecule has 0 spiro atoms. The number of ether oxygens (including phenoxy) is 2. The van der Waals surface area contributed by atoms with Crippen LogP contribution in [-0.4, -0.2) is 30.1 Å². The fourth-order valence-corrected chi connectivity index (χ4v) is 3.43. The number of nitrogens with one attached hydrogen (secondary N) is 1. The quantitative estimate of drug-likeness (QED) is 0.484. The summed E-state index contributed by atoms with van der Waals surface area (Å²) in [7, 11) is 0. The second-order valence-corrected chi connectivity index (χ2v) is 7.41. The van der Waals surface area contributed by atoms with Crippen LogP contribution in [0.4, 0.5) is 4.79 Å². The number of hydrogen-bond acceptors (Lipinski definition) is 4. The first-order chi connectivity index (χ1) is 13.9. The highest BCUT2D eigenvalue weighted by molar-refractivity contribution is 9.10. The fraction of sp³-hybridized carbons (Fsp3) is 0.273. The molecule has 2 aromatic carbocycles. The molecule has 1 aliphatic rings. The summed E-state index contributed by atoms with van der Waals surface area (Å²) in [6.45, 7) is 6.97. The van der Waals surface area contributed by atoms with Gasteiger partial charge in [0.15, 0.2) is 0 Å². The molecular formula is C22H23BrN2O4. The third-order valence-electron chi connectivity index (χ3n) is 4.39. The maximum Gasteiger partial charge on any atom is 0.329 e. The molecule has 1 saturated heterocycles. The third-order valence-corrected chi connectivity index (χ3v) is 5.01. The number of carbonyl (C=O) groups excluding carboxylic acids is 2. The van der Waals surface area contributed by atoms with Crippen molar-refractivity contribution in [3.05, 3.63) is 63.3 Å². The molecule has 6 nitrogen and oxygen atoms in total. The van der Waals surface area contributed by atoms with Gasteiger partial charge in [-0.2, -0.15) is 0 Å². The number of aryl methyl sites for hydroxylation is 1. The second kappa shape index (κ2) is 9.13. The molecule has 3 amide bonds. The number of hydrogen-bond donors (Lipinski definition) is 1. The molecule has 0 bridgehead atoms. The Morgan fingerprint density at radius 1 is 1.03 bits per heavy atom. The van der Waals surface area contributed by atoms with Crippen LogP contribution in [0.3, 0.4) is 0 Å². The Balaban J connectivity index is 1.88. The van der Waals surface area contributed by atoms with Crippen LogP contribution in [0, 0.1) is 6.92 Å². The SMILES string of the molecule is CCOc1cc(OCC)c(/C=C2/NC(=O)N(Cc3ccc(C)cc3)C2=O)cc1Br. The van der Waals surface area contributed by atoms with Crippen molar-refractivity contribution in [3.63, 3.8) is 0 Å². The molecule has 0 aliphatic carbocycles. The molecule has 0 unspecified atom stereocenters. The van der Waals surface area contributed by atoms with Gasteiger partial charge < -0.3 is 14.8 Å². The first-order valence-corrected chi connectivity index (χ1v) is 10.2. The lowest BCUT2D eigenvalue weighted by Crippen LogP contribution is -2.30. The molecule has 29 heavy (non-hydrogen) atoms. The number of halogens is 1. The first-order valence-electron chi connectivity index (χ1n) is 9.42. The van der Waals surface area contributed by atoms with Crippen LogP contribution in [0.15, 0.2) is 46.6 Å². The largest absolute Gasteiger partial charge is 0.493 e.